The predicted molar refractivity (Wildman–Crippen MR) is 109 cm³/mol. The monoisotopic (exact) mass is 387 g/mol. The van der Waals surface area contributed by atoms with Crippen molar-refractivity contribution >= 4 is 11.6 Å². The number of pyridine rings is 1. The van der Waals surface area contributed by atoms with E-state index in [0.29, 0.717) is 11.2 Å². The lowest BCUT2D eigenvalue weighted by Crippen LogP contribution is -2.35. The van der Waals surface area contributed by atoms with Gasteiger partial charge in [-0.3, -0.25) is 14.8 Å². The molecule has 0 bridgehead atoms. The lowest BCUT2D eigenvalue weighted by Gasteiger charge is -2.24. The molecule has 146 valence electrons. The highest BCUT2D eigenvalue weighted by molar-refractivity contribution is 6.30. The Balaban J connectivity index is 1.36. The first-order valence-electron chi connectivity index (χ1n) is 10.2. The minimum Gasteiger partial charge on any atom is -0.344 e. The zero-order valence-electron chi connectivity index (χ0n) is 16.4. The van der Waals surface area contributed by atoms with Gasteiger partial charge in [0.25, 0.3) is 0 Å². The Morgan fingerprint density at radius 1 is 1.22 bits per heavy atom. The number of aromatic amines is 1. The number of likely N-dealkylation sites (tertiary alicyclic amines) is 2. The normalized spacial score (nSPS) is 23.2. The minimum absolute atomic E-state index is 0.633. The summed E-state index contributed by atoms with van der Waals surface area (Å²) in [6, 6.07) is 6.96. The van der Waals surface area contributed by atoms with Crippen LogP contribution >= 0.6 is 11.6 Å². The van der Waals surface area contributed by atoms with Gasteiger partial charge in [0.15, 0.2) is 5.15 Å². The molecule has 6 heteroatoms. The zero-order chi connectivity index (χ0) is 18.8. The van der Waals surface area contributed by atoms with Crippen molar-refractivity contribution in [3.8, 4) is 0 Å². The smallest absolute Gasteiger partial charge is 0.151 e. The van der Waals surface area contributed by atoms with E-state index in [1.807, 2.05) is 0 Å². The van der Waals surface area contributed by atoms with Crippen LogP contribution in [0.4, 0.5) is 0 Å². The number of imidazole rings is 1. The van der Waals surface area contributed by atoms with Crippen LogP contribution in [-0.4, -0.2) is 50.4 Å². The van der Waals surface area contributed by atoms with Gasteiger partial charge in [-0.15, -0.1) is 0 Å². The first-order chi connectivity index (χ1) is 13.1. The number of fused-ring (bicyclic) bond motifs is 1. The quantitative estimate of drug-likeness (QED) is 0.784. The molecule has 2 aliphatic heterocycles. The largest absolute Gasteiger partial charge is 0.344 e. The van der Waals surface area contributed by atoms with E-state index in [-0.39, 0.29) is 0 Å². The number of hydrogen-bond acceptors (Lipinski definition) is 4. The van der Waals surface area contributed by atoms with Gasteiger partial charge < -0.3 is 4.98 Å². The van der Waals surface area contributed by atoms with Crippen LogP contribution in [0.15, 0.2) is 18.2 Å². The van der Waals surface area contributed by atoms with E-state index in [0.717, 1.165) is 62.2 Å². The number of nitrogens with zero attached hydrogens (tertiary/aromatic N) is 4. The first kappa shape index (κ1) is 18.9. The lowest BCUT2D eigenvalue weighted by molar-refractivity contribution is 0.212. The molecule has 2 aromatic rings. The van der Waals surface area contributed by atoms with Gasteiger partial charge in [-0.25, -0.2) is 4.98 Å². The lowest BCUT2D eigenvalue weighted by atomic mass is 10.1. The van der Waals surface area contributed by atoms with Crippen LogP contribution < -0.4 is 0 Å². The standard InChI is InChI=1S/C21H30ClN5/c1-3-4-8-20-24-18(21(22)25-20)13-26-11-16-9-10-27(19(16)14-26)12-17-7-5-6-15(2)23-17/h5-7,16,19H,3-4,8-14H2,1-2H3,(H,24,25)/t16-,19+/m0/s1. The fraction of sp³-hybridized carbons (Fsp3) is 0.619. The van der Waals surface area contributed by atoms with Crippen LogP contribution in [0, 0.1) is 12.8 Å². The third kappa shape index (κ3) is 4.36. The van der Waals surface area contributed by atoms with E-state index in [2.05, 4.69) is 51.8 Å². The summed E-state index contributed by atoms with van der Waals surface area (Å²) in [6.45, 7) is 9.55. The average molecular weight is 388 g/mol. The molecule has 0 amide bonds. The second kappa shape index (κ2) is 8.29. The number of aromatic nitrogens is 3. The molecule has 2 fully saturated rings. The van der Waals surface area contributed by atoms with Crippen LogP contribution in [0.25, 0.3) is 0 Å². The summed E-state index contributed by atoms with van der Waals surface area (Å²) in [5.74, 6) is 1.79. The van der Waals surface area contributed by atoms with E-state index in [1.54, 1.807) is 0 Å². The number of H-pyrrole nitrogens is 1. The summed E-state index contributed by atoms with van der Waals surface area (Å²) in [6.07, 6.45) is 4.60. The Morgan fingerprint density at radius 2 is 2.11 bits per heavy atom. The van der Waals surface area contributed by atoms with Crippen molar-refractivity contribution in [2.75, 3.05) is 19.6 Å². The topological polar surface area (TPSA) is 48.1 Å². The maximum absolute atomic E-state index is 6.39. The van der Waals surface area contributed by atoms with Crippen molar-refractivity contribution in [1.82, 2.24) is 24.8 Å². The van der Waals surface area contributed by atoms with Crippen molar-refractivity contribution in [3.63, 3.8) is 0 Å². The van der Waals surface area contributed by atoms with Crippen molar-refractivity contribution in [1.29, 1.82) is 0 Å². The van der Waals surface area contributed by atoms with Gasteiger partial charge in [0.2, 0.25) is 0 Å². The second-order valence-electron chi connectivity index (χ2n) is 8.11. The molecule has 2 aromatic heterocycles. The summed E-state index contributed by atoms with van der Waals surface area (Å²) in [7, 11) is 0. The molecule has 0 unspecified atom stereocenters. The molecule has 2 aliphatic rings. The van der Waals surface area contributed by atoms with E-state index in [4.69, 9.17) is 16.6 Å². The number of unbranched alkanes of at least 4 members (excludes halogenated alkanes) is 1. The van der Waals surface area contributed by atoms with Crippen molar-refractivity contribution in [3.05, 3.63) is 46.3 Å². The first-order valence-corrected chi connectivity index (χ1v) is 10.6. The molecule has 0 aromatic carbocycles. The summed E-state index contributed by atoms with van der Waals surface area (Å²) in [5.41, 5.74) is 3.37. The molecule has 0 spiro atoms. The van der Waals surface area contributed by atoms with Gasteiger partial charge in [0, 0.05) is 44.3 Å². The minimum atomic E-state index is 0.633. The number of halogens is 1. The fourth-order valence-corrected chi connectivity index (χ4v) is 4.80. The Bertz CT molecular complexity index is 774. The molecule has 2 saturated heterocycles. The summed E-state index contributed by atoms with van der Waals surface area (Å²) >= 11 is 6.39. The zero-order valence-corrected chi connectivity index (χ0v) is 17.2. The molecule has 0 aliphatic carbocycles. The summed E-state index contributed by atoms with van der Waals surface area (Å²) in [5, 5.41) is 0.652. The number of nitrogens with one attached hydrogen (secondary N) is 1. The van der Waals surface area contributed by atoms with E-state index < -0.39 is 0 Å². The Morgan fingerprint density at radius 3 is 2.93 bits per heavy atom. The highest BCUT2D eigenvalue weighted by atomic mass is 35.5. The Kier molecular flexibility index (Phi) is 5.81. The molecular formula is C21H30ClN5. The maximum atomic E-state index is 6.39. The predicted octanol–water partition coefficient (Wildman–Crippen LogP) is 3.82. The molecule has 4 rings (SSSR count). The van der Waals surface area contributed by atoms with Crippen LogP contribution in [-0.2, 0) is 19.5 Å². The Hall–Kier alpha value is -1.43. The van der Waals surface area contributed by atoms with Crippen molar-refractivity contribution in [2.24, 2.45) is 5.92 Å². The second-order valence-corrected chi connectivity index (χ2v) is 8.47. The van der Waals surface area contributed by atoms with Gasteiger partial charge in [0.05, 0.1) is 11.4 Å². The van der Waals surface area contributed by atoms with E-state index >= 15 is 0 Å². The number of aryl methyl sites for hydroxylation is 2. The van der Waals surface area contributed by atoms with Crippen LogP contribution in [0.3, 0.4) is 0 Å². The molecule has 4 heterocycles. The Labute approximate surface area is 167 Å². The molecule has 5 nitrogen and oxygen atoms in total. The number of hydrogen-bond donors (Lipinski definition) is 1. The van der Waals surface area contributed by atoms with Crippen molar-refractivity contribution in [2.45, 2.75) is 58.7 Å². The molecule has 27 heavy (non-hydrogen) atoms. The van der Waals surface area contributed by atoms with E-state index in [1.165, 1.54) is 25.1 Å². The van der Waals surface area contributed by atoms with Gasteiger partial charge in [0.1, 0.15) is 5.82 Å². The van der Waals surface area contributed by atoms with Crippen LogP contribution in [0.1, 0.15) is 49.1 Å². The fourth-order valence-electron chi connectivity index (χ4n) is 4.59. The molecule has 1 N–H and O–H groups in total. The number of rotatable bonds is 7. The third-order valence-corrected chi connectivity index (χ3v) is 6.29. The molecular weight excluding hydrogens is 358 g/mol. The van der Waals surface area contributed by atoms with Crippen molar-refractivity contribution < 1.29 is 0 Å². The molecule has 0 saturated carbocycles. The highest BCUT2D eigenvalue weighted by Gasteiger charge is 2.41. The highest BCUT2D eigenvalue weighted by Crippen LogP contribution is 2.33. The van der Waals surface area contributed by atoms with Gasteiger partial charge in [-0.2, -0.15) is 0 Å². The van der Waals surface area contributed by atoms with E-state index in [9.17, 15) is 0 Å². The van der Waals surface area contributed by atoms with Gasteiger partial charge in [-0.05, 0) is 44.4 Å². The molecule has 0 radical (unpaired) electrons. The maximum Gasteiger partial charge on any atom is 0.151 e. The van der Waals surface area contributed by atoms with Crippen LogP contribution in [0.5, 0.6) is 0 Å². The van der Waals surface area contributed by atoms with Crippen LogP contribution in [0.2, 0.25) is 5.15 Å². The SMILES string of the molecule is CCCCc1nc(Cl)c(CN2C[C@@H]3CCN(Cc4cccc(C)n4)[C@@H]3C2)[nH]1. The third-order valence-electron chi connectivity index (χ3n) is 5.98. The summed E-state index contributed by atoms with van der Waals surface area (Å²) < 4.78 is 0. The van der Waals surface area contributed by atoms with Gasteiger partial charge in [-0.1, -0.05) is 31.0 Å². The van der Waals surface area contributed by atoms with Gasteiger partial charge >= 0.3 is 0 Å². The summed E-state index contributed by atoms with van der Waals surface area (Å²) in [4.78, 5) is 17.8. The average Bonchev–Trinajstić information content (AvgIpc) is 3.30. The molecule has 2 atom stereocenters.